The van der Waals surface area contributed by atoms with Crippen LogP contribution in [-0.2, 0) is 0 Å². The molecule has 0 amide bonds. The van der Waals surface area contributed by atoms with Crippen LogP contribution in [0.3, 0.4) is 0 Å². The van der Waals surface area contributed by atoms with Gasteiger partial charge in [-0.3, -0.25) is 0 Å². The molecule has 0 fully saturated rings. The molecule has 0 aromatic heterocycles. The summed E-state index contributed by atoms with van der Waals surface area (Å²) in [6, 6.07) is -0.847. The Bertz CT molecular complexity index is 133. The number of likely N-dealkylation sites (N-methyl/N-ethyl adjacent to an activating group) is 1. The molecule has 2 unspecified atom stereocenters. The van der Waals surface area contributed by atoms with Gasteiger partial charge < -0.3 is 10.6 Å². The third kappa shape index (κ3) is 3.92. The van der Waals surface area contributed by atoms with Gasteiger partial charge in [0.25, 0.3) is 0 Å². The van der Waals surface area contributed by atoms with Crippen LogP contribution in [0.15, 0.2) is 0 Å². The van der Waals surface area contributed by atoms with E-state index in [-0.39, 0.29) is 6.54 Å². The van der Waals surface area contributed by atoms with Crippen LogP contribution in [0.25, 0.3) is 0 Å². The highest BCUT2D eigenvalue weighted by Crippen LogP contribution is 2.27. The van der Waals surface area contributed by atoms with Crippen molar-refractivity contribution in [3.05, 3.63) is 0 Å². The van der Waals surface area contributed by atoms with Gasteiger partial charge in [-0.15, -0.1) is 0 Å². The lowest BCUT2D eigenvalue weighted by atomic mass is 10.0. The second-order valence-electron chi connectivity index (χ2n) is 3.26. The van der Waals surface area contributed by atoms with Crippen LogP contribution in [0, 0.1) is 5.92 Å². The Morgan fingerprint density at radius 2 is 1.75 bits per heavy atom. The number of nitrogens with two attached hydrogens (primary N) is 1. The van der Waals surface area contributed by atoms with E-state index in [4.69, 9.17) is 5.73 Å². The number of rotatable bonds is 3. The topological polar surface area (TPSA) is 29.3 Å². The summed E-state index contributed by atoms with van der Waals surface area (Å²) >= 11 is 0. The lowest BCUT2D eigenvalue weighted by molar-refractivity contribution is -0.175. The van der Waals surface area contributed by atoms with Gasteiger partial charge in [-0.25, -0.2) is 0 Å². The summed E-state index contributed by atoms with van der Waals surface area (Å²) < 4.78 is 36.2. The van der Waals surface area contributed by atoms with Crippen molar-refractivity contribution >= 4 is 0 Å². The Hall–Kier alpha value is -0.290. The number of hydrogen-bond acceptors (Lipinski definition) is 2. The highest BCUT2D eigenvalue weighted by atomic mass is 19.4. The summed E-state index contributed by atoms with van der Waals surface area (Å²) in [5, 5.41) is 0. The van der Waals surface area contributed by atoms with Gasteiger partial charge in [0.05, 0.1) is 5.92 Å². The Morgan fingerprint density at radius 1 is 1.33 bits per heavy atom. The average Bonchev–Trinajstić information content (AvgIpc) is 1.82. The smallest absolute Gasteiger partial charge is 0.326 e. The fraction of sp³-hybridized carbons (Fsp3) is 1.00. The zero-order valence-corrected chi connectivity index (χ0v) is 7.52. The summed E-state index contributed by atoms with van der Waals surface area (Å²) in [6.45, 7) is 1.36. The molecule has 0 aromatic carbocycles. The maximum atomic E-state index is 12.1. The molecule has 2 atom stereocenters. The van der Waals surface area contributed by atoms with E-state index in [9.17, 15) is 13.2 Å². The largest absolute Gasteiger partial charge is 0.393 e. The highest BCUT2D eigenvalue weighted by molar-refractivity contribution is 4.76. The average molecular weight is 184 g/mol. The third-order valence-electron chi connectivity index (χ3n) is 1.73. The number of hydrogen-bond donors (Lipinski definition) is 1. The van der Waals surface area contributed by atoms with Crippen molar-refractivity contribution in [1.29, 1.82) is 0 Å². The predicted molar refractivity (Wildman–Crippen MR) is 41.7 cm³/mol. The van der Waals surface area contributed by atoms with Crippen LogP contribution in [0.5, 0.6) is 0 Å². The van der Waals surface area contributed by atoms with E-state index >= 15 is 0 Å². The first-order chi connectivity index (χ1) is 5.25. The van der Waals surface area contributed by atoms with E-state index in [1.54, 1.807) is 19.0 Å². The molecule has 0 aliphatic rings. The first kappa shape index (κ1) is 11.7. The molecule has 0 heterocycles. The van der Waals surface area contributed by atoms with Crippen LogP contribution < -0.4 is 5.73 Å². The molecule has 0 saturated carbocycles. The molecular formula is C7H15F3N2. The van der Waals surface area contributed by atoms with E-state index in [2.05, 4.69) is 0 Å². The Labute approximate surface area is 70.5 Å². The van der Waals surface area contributed by atoms with Crippen LogP contribution in [-0.4, -0.2) is 37.8 Å². The minimum atomic E-state index is -4.19. The summed E-state index contributed by atoms with van der Waals surface area (Å²) in [5.41, 5.74) is 5.34. The standard InChI is InChI=1S/C7H15F3N2/c1-5(7(8,9)10)6(11)4-12(2)3/h5-6H,4,11H2,1-3H3. The van der Waals surface area contributed by atoms with Crippen molar-refractivity contribution in [2.45, 2.75) is 19.1 Å². The van der Waals surface area contributed by atoms with E-state index in [0.717, 1.165) is 6.92 Å². The molecule has 0 rings (SSSR count). The molecule has 2 N–H and O–H groups in total. The summed E-state index contributed by atoms with van der Waals surface area (Å²) in [7, 11) is 3.39. The van der Waals surface area contributed by atoms with Crippen molar-refractivity contribution in [3.8, 4) is 0 Å². The van der Waals surface area contributed by atoms with Crippen LogP contribution in [0.4, 0.5) is 13.2 Å². The Balaban J connectivity index is 4.01. The molecule has 0 saturated heterocycles. The number of alkyl halides is 3. The maximum absolute atomic E-state index is 12.1. The molecule has 2 nitrogen and oxygen atoms in total. The van der Waals surface area contributed by atoms with Gasteiger partial charge in [0.15, 0.2) is 0 Å². The van der Waals surface area contributed by atoms with Gasteiger partial charge in [-0.05, 0) is 14.1 Å². The van der Waals surface area contributed by atoms with Crippen LogP contribution >= 0.6 is 0 Å². The molecular weight excluding hydrogens is 169 g/mol. The van der Waals surface area contributed by atoms with Gasteiger partial charge in [0, 0.05) is 12.6 Å². The predicted octanol–water partition coefficient (Wildman–Crippen LogP) is 1.07. The minimum Gasteiger partial charge on any atom is -0.326 e. The molecule has 0 aliphatic carbocycles. The SMILES string of the molecule is CC(C(N)CN(C)C)C(F)(F)F. The van der Waals surface area contributed by atoms with Crippen molar-refractivity contribution in [2.24, 2.45) is 11.7 Å². The Kier molecular flexibility index (Phi) is 3.99. The minimum absolute atomic E-state index is 0.251. The van der Waals surface area contributed by atoms with Gasteiger partial charge in [0.2, 0.25) is 0 Å². The second kappa shape index (κ2) is 4.09. The van der Waals surface area contributed by atoms with Crippen molar-refractivity contribution < 1.29 is 13.2 Å². The van der Waals surface area contributed by atoms with Crippen LogP contribution in [0.2, 0.25) is 0 Å². The van der Waals surface area contributed by atoms with Gasteiger partial charge >= 0.3 is 6.18 Å². The highest BCUT2D eigenvalue weighted by Gasteiger charge is 2.39. The molecule has 74 valence electrons. The first-order valence-corrected chi connectivity index (χ1v) is 3.72. The molecule has 0 bridgehead atoms. The number of nitrogens with zero attached hydrogens (tertiary/aromatic N) is 1. The fourth-order valence-electron chi connectivity index (χ4n) is 0.822. The summed E-state index contributed by atoms with van der Waals surface area (Å²) in [4.78, 5) is 1.65. The quantitative estimate of drug-likeness (QED) is 0.711. The summed E-state index contributed by atoms with van der Waals surface area (Å²) in [6.07, 6.45) is -4.19. The Morgan fingerprint density at radius 3 is 2.00 bits per heavy atom. The molecule has 0 radical (unpaired) electrons. The maximum Gasteiger partial charge on any atom is 0.393 e. The first-order valence-electron chi connectivity index (χ1n) is 3.72. The van der Waals surface area contributed by atoms with Crippen LogP contribution in [0.1, 0.15) is 6.92 Å². The lowest BCUT2D eigenvalue weighted by Gasteiger charge is -2.24. The normalized spacial score (nSPS) is 18.0. The zero-order valence-electron chi connectivity index (χ0n) is 7.52. The number of halogens is 3. The van der Waals surface area contributed by atoms with E-state index in [1.807, 2.05) is 0 Å². The van der Waals surface area contributed by atoms with Gasteiger partial charge in [0.1, 0.15) is 0 Å². The summed E-state index contributed by atoms with van der Waals surface area (Å²) in [5.74, 6) is -1.44. The van der Waals surface area contributed by atoms with Gasteiger partial charge in [-0.2, -0.15) is 13.2 Å². The van der Waals surface area contributed by atoms with E-state index in [0.29, 0.717) is 0 Å². The second-order valence-corrected chi connectivity index (χ2v) is 3.26. The molecule has 0 aromatic rings. The van der Waals surface area contributed by atoms with Crippen molar-refractivity contribution in [3.63, 3.8) is 0 Å². The van der Waals surface area contributed by atoms with E-state index in [1.165, 1.54) is 0 Å². The zero-order chi connectivity index (χ0) is 9.94. The monoisotopic (exact) mass is 184 g/mol. The molecule has 12 heavy (non-hydrogen) atoms. The third-order valence-corrected chi connectivity index (χ3v) is 1.73. The molecule has 0 spiro atoms. The fourth-order valence-corrected chi connectivity index (χ4v) is 0.822. The van der Waals surface area contributed by atoms with Gasteiger partial charge in [-0.1, -0.05) is 6.92 Å². The van der Waals surface area contributed by atoms with Crippen molar-refractivity contribution in [2.75, 3.05) is 20.6 Å². The molecule has 5 heteroatoms. The lowest BCUT2D eigenvalue weighted by Crippen LogP contribution is -2.44. The molecule has 0 aliphatic heterocycles. The van der Waals surface area contributed by atoms with E-state index < -0.39 is 18.1 Å². The van der Waals surface area contributed by atoms with Crippen molar-refractivity contribution in [1.82, 2.24) is 4.90 Å².